The van der Waals surface area contributed by atoms with E-state index in [1.54, 1.807) is 75.4 Å². The summed E-state index contributed by atoms with van der Waals surface area (Å²) in [5, 5.41) is 26.9. The lowest BCUT2D eigenvalue weighted by Gasteiger charge is -2.23. The molecule has 0 radical (unpaired) electrons. The number of phenolic OH excluding ortho intramolecular Hbond substituents is 2. The number of nitrogen functional groups attached to an aromatic ring is 1. The highest BCUT2D eigenvalue weighted by molar-refractivity contribution is 6.31. The number of phenols is 2. The number of nitrogens with zero attached hydrogens (tertiary/aromatic N) is 4. The van der Waals surface area contributed by atoms with E-state index in [1.807, 2.05) is 94.4 Å². The fraction of sp³-hybridized carbons (Fsp3) is 0.146. The van der Waals surface area contributed by atoms with Crippen LogP contribution in [0.3, 0.4) is 0 Å². The summed E-state index contributed by atoms with van der Waals surface area (Å²) in [6.07, 6.45) is 7.34. The molecule has 0 spiro atoms. The zero-order valence-corrected chi connectivity index (χ0v) is 36.0. The molecule has 61 heavy (non-hydrogen) atoms. The number of methoxy groups -OCH3 is 2. The summed E-state index contributed by atoms with van der Waals surface area (Å²) < 4.78 is 10.6. The van der Waals surface area contributed by atoms with Crippen molar-refractivity contribution >= 4 is 62.9 Å². The summed E-state index contributed by atoms with van der Waals surface area (Å²) in [6, 6.07) is 31.3. The molecule has 4 aromatic carbocycles. The zero-order valence-electron chi connectivity index (χ0n) is 34.5. The van der Waals surface area contributed by atoms with Gasteiger partial charge in [0.15, 0.2) is 0 Å². The Balaban J connectivity index is 0.000000184. The molecule has 4 heterocycles. The standard InChI is InChI=1S/C24H22ClN3O2.C9H7NO.C9H10O2.C6H7ClN2/c1-14-6-7-17(12-20(14)30-3)22(28-21-11-15(2)19(25)13-27-21)18-9-8-16-5-4-10-26-23(16)24(18)29;11-8-5-1-3-7-4-2-6-10-9(7)8;1-7-5-8(6-10)3-4-9(7)11-2;1-4-2-6(8)9-3-5(4)7/h4-13,22,29H,1-3H3,(H,27,28);1-6,11H;3-6H,1-2H3;2-3H,1H3,(H2,8,9). The van der Waals surface area contributed by atoms with E-state index in [2.05, 4.69) is 25.3 Å². The molecule has 312 valence electrons. The van der Waals surface area contributed by atoms with E-state index in [4.69, 9.17) is 38.4 Å². The number of ether oxygens (including phenoxy) is 2. The molecule has 4 aromatic heterocycles. The van der Waals surface area contributed by atoms with Gasteiger partial charge in [-0.25, -0.2) is 9.97 Å². The molecule has 8 rings (SSSR count). The molecule has 0 saturated heterocycles. The molecular weight excluding hydrogens is 811 g/mol. The number of nitrogens with one attached hydrogen (secondary N) is 1. The molecular formula is C48H46Cl2N6O5. The van der Waals surface area contributed by atoms with Crippen molar-refractivity contribution in [2.24, 2.45) is 0 Å². The average molecular weight is 858 g/mol. The van der Waals surface area contributed by atoms with Crippen LogP contribution in [0.15, 0.2) is 128 Å². The number of pyridine rings is 4. The number of carbonyl (C=O) groups excluding carboxylic acids is 1. The summed E-state index contributed by atoms with van der Waals surface area (Å²) >= 11 is 11.8. The first-order valence-electron chi connectivity index (χ1n) is 18.9. The van der Waals surface area contributed by atoms with Crippen molar-refractivity contribution in [3.05, 3.63) is 177 Å². The van der Waals surface area contributed by atoms with E-state index in [0.717, 1.165) is 56.4 Å². The number of nitrogens with two attached hydrogens (primary N) is 1. The topological polar surface area (TPSA) is 166 Å². The highest BCUT2D eigenvalue weighted by Gasteiger charge is 2.22. The molecule has 5 N–H and O–H groups in total. The number of aryl methyl sites for hydroxylation is 4. The van der Waals surface area contributed by atoms with Gasteiger partial charge in [-0.05, 0) is 110 Å². The van der Waals surface area contributed by atoms with Gasteiger partial charge in [-0.2, -0.15) is 0 Å². The molecule has 13 heteroatoms. The summed E-state index contributed by atoms with van der Waals surface area (Å²) in [7, 11) is 3.26. The fourth-order valence-electron chi connectivity index (χ4n) is 6.13. The molecule has 1 atom stereocenters. The number of fused-ring (bicyclic) bond motifs is 2. The maximum Gasteiger partial charge on any atom is 0.150 e. The minimum absolute atomic E-state index is 0.135. The number of carbonyl (C=O) groups is 1. The molecule has 11 nitrogen and oxygen atoms in total. The third-order valence-corrected chi connectivity index (χ3v) is 10.2. The Morgan fingerprint density at radius 3 is 1.90 bits per heavy atom. The average Bonchev–Trinajstić information content (AvgIpc) is 3.27. The predicted molar refractivity (Wildman–Crippen MR) is 246 cm³/mol. The Kier molecular flexibility index (Phi) is 15.8. The Morgan fingerprint density at radius 2 is 1.30 bits per heavy atom. The number of aromatic nitrogens is 4. The zero-order chi connectivity index (χ0) is 44.1. The van der Waals surface area contributed by atoms with Crippen molar-refractivity contribution in [1.29, 1.82) is 0 Å². The Bertz CT molecular complexity index is 2760. The summed E-state index contributed by atoms with van der Waals surface area (Å²) in [5.41, 5.74) is 12.8. The van der Waals surface area contributed by atoms with Crippen LogP contribution in [0.1, 0.15) is 49.8 Å². The van der Waals surface area contributed by atoms with Crippen molar-refractivity contribution < 1.29 is 24.5 Å². The highest BCUT2D eigenvalue weighted by Crippen LogP contribution is 2.38. The second kappa shape index (κ2) is 21.3. The van der Waals surface area contributed by atoms with Crippen LogP contribution in [0, 0.1) is 27.7 Å². The lowest BCUT2D eigenvalue weighted by Crippen LogP contribution is -2.14. The maximum atomic E-state index is 11.1. The fourth-order valence-corrected chi connectivity index (χ4v) is 6.33. The van der Waals surface area contributed by atoms with Crippen LogP contribution in [0.25, 0.3) is 21.8 Å². The van der Waals surface area contributed by atoms with Gasteiger partial charge in [-0.15, -0.1) is 0 Å². The van der Waals surface area contributed by atoms with Crippen molar-refractivity contribution in [3.8, 4) is 23.0 Å². The molecule has 0 amide bonds. The number of aldehydes is 1. The number of benzene rings is 4. The molecule has 0 saturated carbocycles. The number of rotatable bonds is 7. The van der Waals surface area contributed by atoms with E-state index in [1.165, 1.54) is 0 Å². The van der Waals surface area contributed by atoms with Crippen molar-refractivity contribution in [1.82, 2.24) is 19.9 Å². The van der Waals surface area contributed by atoms with Gasteiger partial charge in [-0.3, -0.25) is 14.8 Å². The molecule has 0 aliphatic rings. The van der Waals surface area contributed by atoms with Crippen molar-refractivity contribution in [2.45, 2.75) is 33.7 Å². The van der Waals surface area contributed by atoms with Crippen molar-refractivity contribution in [3.63, 3.8) is 0 Å². The van der Waals surface area contributed by atoms with Gasteiger partial charge in [0.25, 0.3) is 0 Å². The van der Waals surface area contributed by atoms with E-state index >= 15 is 0 Å². The normalized spacial score (nSPS) is 10.8. The number of halogens is 2. The predicted octanol–water partition coefficient (Wildman–Crippen LogP) is 11.2. The van der Waals surface area contributed by atoms with Crippen LogP contribution in [0.4, 0.5) is 11.6 Å². The van der Waals surface area contributed by atoms with E-state index in [0.29, 0.717) is 43.8 Å². The molecule has 0 bridgehead atoms. The first kappa shape index (κ1) is 45.1. The SMILES string of the molecule is COc1cc(C(Nc2cc(C)c(Cl)cn2)c2ccc3cccnc3c2O)ccc1C.COc1ccc(C=O)cc1C.Cc1cc(N)ncc1Cl.Oc1cccc2cccnc12. The first-order chi connectivity index (χ1) is 29.3. The number of aromatic hydroxyl groups is 2. The molecule has 8 aromatic rings. The van der Waals surface area contributed by atoms with Crippen LogP contribution < -0.4 is 20.5 Å². The summed E-state index contributed by atoms with van der Waals surface area (Å²) in [6.45, 7) is 7.72. The first-order valence-corrected chi connectivity index (χ1v) is 19.7. The Morgan fingerprint density at radius 1 is 0.656 bits per heavy atom. The van der Waals surface area contributed by atoms with Gasteiger partial charge in [0.1, 0.15) is 52.0 Å². The molecule has 1 unspecified atom stereocenters. The number of para-hydroxylation sites is 1. The number of hydrogen-bond acceptors (Lipinski definition) is 11. The van der Waals surface area contributed by atoms with Crippen LogP contribution in [0.2, 0.25) is 10.0 Å². The highest BCUT2D eigenvalue weighted by atomic mass is 35.5. The Hall–Kier alpha value is -6.95. The quantitative estimate of drug-likeness (QED) is 0.113. The second-order valence-electron chi connectivity index (χ2n) is 13.8. The largest absolute Gasteiger partial charge is 0.506 e. The minimum atomic E-state index is -0.376. The van der Waals surface area contributed by atoms with Crippen LogP contribution in [-0.2, 0) is 0 Å². The van der Waals surface area contributed by atoms with E-state index in [9.17, 15) is 15.0 Å². The minimum Gasteiger partial charge on any atom is -0.506 e. The monoisotopic (exact) mass is 856 g/mol. The Labute approximate surface area is 364 Å². The lowest BCUT2D eigenvalue weighted by atomic mass is 9.95. The maximum absolute atomic E-state index is 11.1. The molecule has 0 aliphatic heterocycles. The molecule has 0 fully saturated rings. The van der Waals surface area contributed by atoms with Crippen LogP contribution in [0.5, 0.6) is 23.0 Å². The summed E-state index contributed by atoms with van der Waals surface area (Å²) in [5.74, 6) is 3.13. The van der Waals surface area contributed by atoms with Gasteiger partial charge in [-0.1, -0.05) is 71.7 Å². The lowest BCUT2D eigenvalue weighted by molar-refractivity contribution is 0.112. The second-order valence-corrected chi connectivity index (χ2v) is 14.6. The third-order valence-electron chi connectivity index (χ3n) is 9.43. The van der Waals surface area contributed by atoms with E-state index in [-0.39, 0.29) is 17.5 Å². The smallest absolute Gasteiger partial charge is 0.150 e. The van der Waals surface area contributed by atoms with Crippen molar-refractivity contribution in [2.75, 3.05) is 25.3 Å². The van der Waals surface area contributed by atoms with Gasteiger partial charge in [0.2, 0.25) is 0 Å². The molecule has 0 aliphatic carbocycles. The van der Waals surface area contributed by atoms with Gasteiger partial charge in [0.05, 0.1) is 30.3 Å². The van der Waals surface area contributed by atoms with E-state index < -0.39 is 0 Å². The van der Waals surface area contributed by atoms with Crippen LogP contribution >= 0.6 is 23.2 Å². The number of anilines is 2. The van der Waals surface area contributed by atoms with Gasteiger partial charge in [0, 0.05) is 46.7 Å². The van der Waals surface area contributed by atoms with Crippen LogP contribution in [-0.4, -0.2) is 50.7 Å². The van der Waals surface area contributed by atoms with Gasteiger partial charge >= 0.3 is 0 Å². The van der Waals surface area contributed by atoms with Gasteiger partial charge < -0.3 is 30.7 Å². The summed E-state index contributed by atoms with van der Waals surface area (Å²) in [4.78, 5) is 26.9. The third kappa shape index (κ3) is 11.8. The number of hydrogen-bond donors (Lipinski definition) is 4.